The molecule has 0 saturated heterocycles. The largest absolute Gasteiger partial charge is 0.310 e. The van der Waals surface area contributed by atoms with E-state index in [1.54, 1.807) is 0 Å². The first-order valence-corrected chi connectivity index (χ1v) is 24.1. The average molecular weight is 891 g/mol. The molecule has 2 heteroatoms. The van der Waals surface area contributed by atoms with Gasteiger partial charge in [-0.1, -0.05) is 224 Å². The molecule has 0 saturated carbocycles. The Balaban J connectivity index is 0.995. The van der Waals surface area contributed by atoms with Crippen molar-refractivity contribution >= 4 is 60.4 Å². The maximum atomic E-state index is 2.45. The highest BCUT2D eigenvalue weighted by atomic mass is 15.1. The van der Waals surface area contributed by atoms with E-state index in [9.17, 15) is 0 Å². The fourth-order valence-electron chi connectivity index (χ4n) is 10.8. The Hall–Kier alpha value is -9.24. The molecular weight excluding hydrogens is 845 g/mol. The SMILES string of the molecule is c1ccc(-c2ccccc2-c2ccccc2-c2ccccc2N(c2ccc(-c3ccc4c(ccc5ccccc54)c3)cc2)c2cccc(-c3cccc4c5ccccc5n(-c5ccccc5)c34)c2)cc1. The number of anilines is 3. The summed E-state index contributed by atoms with van der Waals surface area (Å²) in [5, 5.41) is 7.52. The molecule has 328 valence electrons. The van der Waals surface area contributed by atoms with Crippen LogP contribution in [0.25, 0.3) is 105 Å². The molecule has 0 aliphatic carbocycles. The molecule has 0 aliphatic heterocycles. The Morgan fingerprint density at radius 3 is 1.60 bits per heavy atom. The molecule has 0 N–H and O–H groups in total. The fraction of sp³-hybridized carbons (Fsp3) is 0. The maximum Gasteiger partial charge on any atom is 0.0619 e. The minimum Gasteiger partial charge on any atom is -0.310 e. The second-order valence-corrected chi connectivity index (χ2v) is 18.0. The van der Waals surface area contributed by atoms with Gasteiger partial charge in [-0.2, -0.15) is 0 Å². The number of benzene rings is 12. The van der Waals surface area contributed by atoms with Crippen molar-refractivity contribution in [3.8, 4) is 61.3 Å². The first-order valence-electron chi connectivity index (χ1n) is 24.1. The lowest BCUT2D eigenvalue weighted by molar-refractivity contribution is 1.18. The first-order chi connectivity index (χ1) is 34.7. The normalized spacial score (nSPS) is 11.4. The topological polar surface area (TPSA) is 8.17 Å². The lowest BCUT2D eigenvalue weighted by Gasteiger charge is -2.29. The summed E-state index contributed by atoms with van der Waals surface area (Å²) in [6.45, 7) is 0. The quantitative estimate of drug-likeness (QED) is 0.131. The van der Waals surface area contributed by atoms with E-state index in [0.717, 1.165) is 33.9 Å². The highest BCUT2D eigenvalue weighted by molar-refractivity contribution is 6.14. The molecule has 0 radical (unpaired) electrons. The first kappa shape index (κ1) is 41.0. The summed E-state index contributed by atoms with van der Waals surface area (Å²) < 4.78 is 2.43. The Morgan fingerprint density at radius 1 is 0.257 bits per heavy atom. The van der Waals surface area contributed by atoms with Crippen molar-refractivity contribution in [3.05, 3.63) is 279 Å². The van der Waals surface area contributed by atoms with Crippen molar-refractivity contribution in [3.63, 3.8) is 0 Å². The van der Waals surface area contributed by atoms with E-state index in [1.165, 1.54) is 87.9 Å². The predicted molar refractivity (Wildman–Crippen MR) is 298 cm³/mol. The molecule has 0 spiro atoms. The van der Waals surface area contributed by atoms with E-state index in [1.807, 2.05) is 0 Å². The molecule has 1 heterocycles. The monoisotopic (exact) mass is 890 g/mol. The van der Waals surface area contributed by atoms with E-state index in [2.05, 4.69) is 289 Å². The van der Waals surface area contributed by atoms with Crippen LogP contribution in [-0.2, 0) is 0 Å². The average Bonchev–Trinajstić information content (AvgIpc) is 3.78. The van der Waals surface area contributed by atoms with E-state index >= 15 is 0 Å². The molecule has 0 atom stereocenters. The van der Waals surface area contributed by atoms with Crippen LogP contribution < -0.4 is 4.90 Å². The van der Waals surface area contributed by atoms with Crippen LogP contribution in [0.1, 0.15) is 0 Å². The van der Waals surface area contributed by atoms with E-state index in [0.29, 0.717) is 0 Å². The van der Waals surface area contributed by atoms with Gasteiger partial charge in [-0.05, 0) is 121 Å². The van der Waals surface area contributed by atoms with Gasteiger partial charge in [-0.3, -0.25) is 0 Å². The Bertz CT molecular complexity index is 4050. The van der Waals surface area contributed by atoms with Crippen LogP contribution in [0.2, 0.25) is 0 Å². The van der Waals surface area contributed by atoms with Gasteiger partial charge in [-0.25, -0.2) is 0 Å². The second-order valence-electron chi connectivity index (χ2n) is 18.0. The summed E-state index contributed by atoms with van der Waals surface area (Å²) in [6.07, 6.45) is 0. The molecule has 0 bridgehead atoms. The summed E-state index contributed by atoms with van der Waals surface area (Å²) in [6, 6.07) is 102. The van der Waals surface area contributed by atoms with Crippen molar-refractivity contribution in [1.29, 1.82) is 0 Å². The number of fused-ring (bicyclic) bond motifs is 6. The fourth-order valence-corrected chi connectivity index (χ4v) is 10.8. The third kappa shape index (κ3) is 7.13. The Morgan fingerprint density at radius 2 is 0.800 bits per heavy atom. The van der Waals surface area contributed by atoms with E-state index in [4.69, 9.17) is 0 Å². The van der Waals surface area contributed by atoms with Gasteiger partial charge >= 0.3 is 0 Å². The molecule has 0 amide bonds. The lowest BCUT2D eigenvalue weighted by Crippen LogP contribution is -2.11. The van der Waals surface area contributed by atoms with Crippen molar-refractivity contribution in [2.24, 2.45) is 0 Å². The van der Waals surface area contributed by atoms with Crippen LogP contribution in [0.3, 0.4) is 0 Å². The van der Waals surface area contributed by atoms with Gasteiger partial charge in [0.2, 0.25) is 0 Å². The number of aromatic nitrogens is 1. The molecule has 0 fully saturated rings. The predicted octanol–water partition coefficient (Wildman–Crippen LogP) is 18.9. The van der Waals surface area contributed by atoms with Gasteiger partial charge < -0.3 is 9.47 Å². The molecule has 2 nitrogen and oxygen atoms in total. The van der Waals surface area contributed by atoms with Gasteiger partial charge in [0.15, 0.2) is 0 Å². The van der Waals surface area contributed by atoms with Gasteiger partial charge in [-0.15, -0.1) is 0 Å². The van der Waals surface area contributed by atoms with Crippen LogP contribution in [-0.4, -0.2) is 4.57 Å². The van der Waals surface area contributed by atoms with Crippen LogP contribution in [0.4, 0.5) is 17.1 Å². The third-order valence-corrected chi connectivity index (χ3v) is 14.0. The van der Waals surface area contributed by atoms with Crippen molar-refractivity contribution in [2.75, 3.05) is 4.90 Å². The number of para-hydroxylation sites is 4. The van der Waals surface area contributed by atoms with Gasteiger partial charge in [0.05, 0.1) is 16.7 Å². The highest BCUT2D eigenvalue weighted by Gasteiger charge is 2.22. The van der Waals surface area contributed by atoms with Gasteiger partial charge in [0, 0.05) is 39.0 Å². The number of hydrogen-bond acceptors (Lipinski definition) is 1. The Kier molecular flexibility index (Phi) is 10.2. The summed E-state index contributed by atoms with van der Waals surface area (Å²) in [4.78, 5) is 2.45. The van der Waals surface area contributed by atoms with E-state index in [-0.39, 0.29) is 0 Å². The zero-order chi connectivity index (χ0) is 46.4. The number of rotatable bonds is 9. The van der Waals surface area contributed by atoms with Crippen LogP contribution >= 0.6 is 0 Å². The summed E-state index contributed by atoms with van der Waals surface area (Å²) in [7, 11) is 0. The lowest BCUT2D eigenvalue weighted by atomic mass is 9.88. The smallest absolute Gasteiger partial charge is 0.0619 e. The van der Waals surface area contributed by atoms with Crippen LogP contribution in [0.5, 0.6) is 0 Å². The molecular formula is C68H46N2. The summed E-state index contributed by atoms with van der Waals surface area (Å²) >= 11 is 0. The van der Waals surface area contributed by atoms with Crippen molar-refractivity contribution in [2.45, 2.75) is 0 Å². The molecule has 13 aromatic rings. The molecule has 12 aromatic carbocycles. The molecule has 70 heavy (non-hydrogen) atoms. The van der Waals surface area contributed by atoms with Gasteiger partial charge in [0.1, 0.15) is 0 Å². The highest BCUT2D eigenvalue weighted by Crippen LogP contribution is 2.47. The van der Waals surface area contributed by atoms with Crippen LogP contribution in [0.15, 0.2) is 279 Å². The standard InChI is InChI=1S/C68H46N2/c1-3-19-48(20-4-1)57-27-9-10-28-60(57)61-29-11-12-30-62(61)63-31-13-15-35-66(63)69(54-42-39-47(40-43-54)50-41-44-58-52(45-50)38-37-49-21-7-8-26-56(49)58)55-25-17-22-51(46-55)59-33-18-34-65-64-32-14-16-36-67(64)70(68(59)65)53-23-5-2-6-24-53/h1-46H. The minimum absolute atomic E-state index is 1.07. The zero-order valence-corrected chi connectivity index (χ0v) is 38.5. The van der Waals surface area contributed by atoms with Crippen LogP contribution in [0, 0.1) is 0 Å². The van der Waals surface area contributed by atoms with Gasteiger partial charge in [0.25, 0.3) is 0 Å². The summed E-state index contributed by atoms with van der Waals surface area (Å²) in [5.41, 5.74) is 18.5. The molecule has 0 unspecified atom stereocenters. The number of nitrogens with zero attached hydrogens (tertiary/aromatic N) is 2. The zero-order valence-electron chi connectivity index (χ0n) is 38.5. The van der Waals surface area contributed by atoms with E-state index < -0.39 is 0 Å². The maximum absolute atomic E-state index is 2.45. The molecule has 13 rings (SSSR count). The summed E-state index contributed by atoms with van der Waals surface area (Å²) in [5.74, 6) is 0. The minimum atomic E-state index is 1.07. The molecule has 1 aromatic heterocycles. The second kappa shape index (κ2) is 17.4. The Labute approximate surface area is 408 Å². The van der Waals surface area contributed by atoms with Crippen molar-refractivity contribution in [1.82, 2.24) is 4.57 Å². The third-order valence-electron chi connectivity index (χ3n) is 14.0. The number of hydrogen-bond donors (Lipinski definition) is 0. The molecule has 0 aliphatic rings. The van der Waals surface area contributed by atoms with Crippen molar-refractivity contribution < 1.29 is 0 Å².